The Balaban J connectivity index is 1.19. The molecule has 11 heteroatoms. The first-order chi connectivity index (χ1) is 23.6. The molecule has 4 aromatic carbocycles. The van der Waals surface area contributed by atoms with E-state index in [1.165, 1.54) is 14.7 Å². The molecular weight excluding hydrogens is 657 g/mol. The smallest absolute Gasteiger partial charge is 0.265 e. The average molecular weight is 695 g/mol. The second kappa shape index (κ2) is 11.8. The van der Waals surface area contributed by atoms with Crippen molar-refractivity contribution in [2.75, 3.05) is 8.61 Å². The third-order valence-corrected chi connectivity index (χ3v) is 14.3. The molecule has 4 aliphatic rings. The molecule has 1 saturated carbocycles. The Kier molecular flexibility index (Phi) is 7.68. The summed E-state index contributed by atoms with van der Waals surface area (Å²) < 4.78 is 60.2. The molecule has 0 N–H and O–H groups in total. The van der Waals surface area contributed by atoms with Crippen LogP contribution in [0.15, 0.2) is 112 Å². The Morgan fingerprint density at radius 2 is 1.29 bits per heavy atom. The third kappa shape index (κ3) is 5.08. The summed E-state index contributed by atoms with van der Waals surface area (Å²) in [5.74, 6) is -0.0799. The minimum atomic E-state index is -4.12. The molecule has 4 atom stereocenters. The van der Waals surface area contributed by atoms with Crippen LogP contribution in [-0.2, 0) is 32.9 Å². The highest BCUT2D eigenvalue weighted by Gasteiger charge is 2.45. The molecule has 9 nitrogen and oxygen atoms in total. The molecule has 1 aliphatic carbocycles. The van der Waals surface area contributed by atoms with Crippen LogP contribution in [-0.4, -0.2) is 57.6 Å². The van der Waals surface area contributed by atoms with Crippen molar-refractivity contribution in [2.45, 2.75) is 86.3 Å². The van der Waals surface area contributed by atoms with Crippen molar-refractivity contribution < 1.29 is 21.6 Å². The lowest BCUT2D eigenvalue weighted by molar-refractivity contribution is 0.0782. The summed E-state index contributed by atoms with van der Waals surface area (Å²) in [7, 11) is -8.07. The van der Waals surface area contributed by atoms with Gasteiger partial charge in [0.15, 0.2) is 0 Å². The molecule has 3 heterocycles. The van der Waals surface area contributed by atoms with Crippen molar-refractivity contribution in [3.8, 4) is 0 Å². The molecule has 0 saturated heterocycles. The highest BCUT2D eigenvalue weighted by molar-refractivity contribution is 7.93. The quantitative estimate of drug-likeness (QED) is 0.240. The molecule has 4 aromatic rings. The number of carbonyl (C=O) groups is 1. The van der Waals surface area contributed by atoms with Crippen LogP contribution in [0.3, 0.4) is 0 Å². The number of aliphatic imine (C=N–C) groups is 1. The van der Waals surface area contributed by atoms with Gasteiger partial charge in [-0.1, -0.05) is 73.5 Å². The summed E-state index contributed by atoms with van der Waals surface area (Å²) in [4.78, 5) is 21.5. The normalized spacial score (nSPS) is 23.2. The first kappa shape index (κ1) is 31.8. The average Bonchev–Trinajstić information content (AvgIpc) is 3.78. The number of para-hydroxylation sites is 2. The van der Waals surface area contributed by atoms with Crippen LogP contribution < -0.4 is 8.61 Å². The molecule has 1 fully saturated rings. The Labute approximate surface area is 288 Å². The maximum absolute atomic E-state index is 14.8. The summed E-state index contributed by atoms with van der Waals surface area (Å²) in [6, 6.07) is 27.1. The lowest BCUT2D eigenvalue weighted by Gasteiger charge is -2.32. The summed E-state index contributed by atoms with van der Waals surface area (Å²) in [6.07, 6.45) is 4.60. The predicted molar refractivity (Wildman–Crippen MR) is 190 cm³/mol. The molecule has 0 unspecified atom stereocenters. The topological polar surface area (TPSA) is 107 Å². The van der Waals surface area contributed by atoms with E-state index >= 15 is 0 Å². The largest absolute Gasteiger partial charge is 0.287 e. The molecule has 252 valence electrons. The highest BCUT2D eigenvalue weighted by atomic mass is 32.2. The number of fused-ring (bicyclic) bond motifs is 3. The summed E-state index contributed by atoms with van der Waals surface area (Å²) >= 11 is 0. The van der Waals surface area contributed by atoms with Gasteiger partial charge >= 0.3 is 0 Å². The number of nitrogens with zero attached hydrogens (tertiary/aromatic N) is 4. The summed E-state index contributed by atoms with van der Waals surface area (Å²) in [5.41, 5.74) is 3.81. The molecule has 8 rings (SSSR count). The lowest BCUT2D eigenvalue weighted by Crippen LogP contribution is -2.46. The monoisotopic (exact) mass is 694 g/mol. The van der Waals surface area contributed by atoms with Crippen LogP contribution in [0.4, 0.5) is 11.4 Å². The Morgan fingerprint density at radius 3 is 1.98 bits per heavy atom. The SMILES string of the molecule is C[C@@H]1Cc2ccccc2N1S(=O)(=O)c1cccc(C2=N[C@@H]3CCCC[C@@H]3N2C(=O)c2ccccc2S(=O)(=O)N2c3ccccc3C[C@H]2C)c1. The van der Waals surface area contributed by atoms with Gasteiger partial charge in [-0.25, -0.2) is 16.8 Å². The number of anilines is 2. The minimum absolute atomic E-state index is 0.0554. The van der Waals surface area contributed by atoms with Gasteiger partial charge in [0.2, 0.25) is 0 Å². The maximum Gasteiger partial charge on any atom is 0.265 e. The van der Waals surface area contributed by atoms with Crippen LogP contribution >= 0.6 is 0 Å². The molecule has 1 amide bonds. The molecule has 0 aromatic heterocycles. The van der Waals surface area contributed by atoms with Gasteiger partial charge in [0.25, 0.3) is 26.0 Å². The van der Waals surface area contributed by atoms with Crippen molar-refractivity contribution in [3.63, 3.8) is 0 Å². The fraction of sp³-hybridized carbons (Fsp3) is 0.316. The fourth-order valence-electron chi connectivity index (χ4n) is 8.20. The summed E-state index contributed by atoms with van der Waals surface area (Å²) in [6.45, 7) is 3.78. The van der Waals surface area contributed by atoms with Crippen LogP contribution in [0.2, 0.25) is 0 Å². The van der Waals surface area contributed by atoms with Gasteiger partial charge in [-0.2, -0.15) is 0 Å². The number of amidine groups is 1. The fourth-order valence-corrected chi connectivity index (χ4v) is 11.8. The number of sulfonamides is 2. The van der Waals surface area contributed by atoms with Gasteiger partial charge in [0.1, 0.15) is 10.7 Å². The van der Waals surface area contributed by atoms with Crippen LogP contribution in [0.25, 0.3) is 0 Å². The van der Waals surface area contributed by atoms with Crippen molar-refractivity contribution >= 4 is 43.2 Å². The van der Waals surface area contributed by atoms with E-state index < -0.39 is 26.0 Å². The van der Waals surface area contributed by atoms with E-state index in [0.29, 0.717) is 35.6 Å². The zero-order valence-corrected chi connectivity index (χ0v) is 29.1. The van der Waals surface area contributed by atoms with Gasteiger partial charge in [-0.3, -0.25) is 23.3 Å². The second-order valence-corrected chi connectivity index (χ2v) is 17.1. The minimum Gasteiger partial charge on any atom is -0.287 e. The standard InChI is InChI=1S/C38H38N4O5S2/c1-25-22-27-12-3-7-18-33(27)41(25)48(44,45)30-15-11-14-29(24-30)37-39-32-17-6-9-20-35(32)40(37)38(43)31-16-5-10-21-36(31)49(46,47)42-26(2)23-28-13-4-8-19-34(28)42/h3-5,7-8,10-16,18-19,21,24-26,32,35H,6,9,17,20,22-23H2,1-2H3/t25-,26-,32-,35+/m1/s1. The van der Waals surface area contributed by atoms with E-state index in [9.17, 15) is 21.6 Å². The van der Waals surface area contributed by atoms with Gasteiger partial charge in [0.05, 0.1) is 33.9 Å². The molecule has 0 bridgehead atoms. The number of amides is 1. The van der Waals surface area contributed by atoms with Crippen LogP contribution in [0, 0.1) is 0 Å². The first-order valence-electron chi connectivity index (χ1n) is 16.9. The molecular formula is C38H38N4O5S2. The molecule has 0 radical (unpaired) electrons. The van der Waals surface area contributed by atoms with Crippen molar-refractivity contribution in [1.29, 1.82) is 0 Å². The van der Waals surface area contributed by atoms with Gasteiger partial charge in [-0.05, 0) is 87.1 Å². The number of rotatable bonds is 6. The molecule has 0 spiro atoms. The highest BCUT2D eigenvalue weighted by Crippen LogP contribution is 2.40. The number of hydrogen-bond donors (Lipinski definition) is 0. The van der Waals surface area contributed by atoms with Crippen LogP contribution in [0.1, 0.15) is 66.6 Å². The van der Waals surface area contributed by atoms with Gasteiger partial charge in [0, 0.05) is 17.6 Å². The third-order valence-electron chi connectivity index (χ3n) is 10.4. The van der Waals surface area contributed by atoms with E-state index in [-0.39, 0.29) is 39.5 Å². The van der Waals surface area contributed by atoms with E-state index in [2.05, 4.69) is 0 Å². The van der Waals surface area contributed by atoms with E-state index in [0.717, 1.165) is 36.8 Å². The Hall–Kier alpha value is -4.48. The van der Waals surface area contributed by atoms with Crippen molar-refractivity contribution in [2.24, 2.45) is 4.99 Å². The number of hydrogen-bond acceptors (Lipinski definition) is 6. The van der Waals surface area contributed by atoms with E-state index in [1.54, 1.807) is 53.4 Å². The van der Waals surface area contributed by atoms with E-state index in [1.807, 2.05) is 56.3 Å². The lowest BCUT2D eigenvalue weighted by atomic mass is 9.90. The predicted octanol–water partition coefficient (Wildman–Crippen LogP) is 6.18. The number of benzene rings is 4. The second-order valence-electron chi connectivity index (χ2n) is 13.5. The van der Waals surface area contributed by atoms with Gasteiger partial charge in [-0.15, -0.1) is 0 Å². The Morgan fingerprint density at radius 1 is 0.694 bits per heavy atom. The first-order valence-corrected chi connectivity index (χ1v) is 19.8. The Bertz CT molecular complexity index is 2240. The van der Waals surface area contributed by atoms with Crippen molar-refractivity contribution in [3.05, 3.63) is 119 Å². The van der Waals surface area contributed by atoms with Crippen LogP contribution in [0.5, 0.6) is 0 Å². The number of carbonyl (C=O) groups excluding carboxylic acids is 1. The van der Waals surface area contributed by atoms with Crippen molar-refractivity contribution in [1.82, 2.24) is 4.90 Å². The summed E-state index contributed by atoms with van der Waals surface area (Å²) in [5, 5.41) is 0. The zero-order chi connectivity index (χ0) is 34.1. The van der Waals surface area contributed by atoms with Gasteiger partial charge < -0.3 is 0 Å². The molecule has 49 heavy (non-hydrogen) atoms. The zero-order valence-electron chi connectivity index (χ0n) is 27.4. The van der Waals surface area contributed by atoms with E-state index in [4.69, 9.17) is 4.99 Å². The molecule has 3 aliphatic heterocycles. The maximum atomic E-state index is 14.8.